The van der Waals surface area contributed by atoms with Crippen molar-refractivity contribution in [2.75, 3.05) is 18.4 Å². The maximum atomic E-state index is 12.0. The highest BCUT2D eigenvalue weighted by atomic mass is 79.9. The van der Waals surface area contributed by atoms with Gasteiger partial charge in [-0.15, -0.1) is 0 Å². The first-order valence-electron chi connectivity index (χ1n) is 6.92. The third-order valence-electron chi connectivity index (χ3n) is 3.72. The van der Waals surface area contributed by atoms with Gasteiger partial charge in [0.05, 0.1) is 0 Å². The third-order valence-corrected chi connectivity index (χ3v) is 4.58. The summed E-state index contributed by atoms with van der Waals surface area (Å²) in [6.07, 6.45) is 4.07. The standard InChI is InChI=1S/C15H21BrN2O/c1-11-13(16)5-2-6-14(11)18-15(19)8-7-12-4-3-9-17-10-12/h2,5-6,12,17H,3-4,7-10H2,1H3,(H,18,19). The fourth-order valence-electron chi connectivity index (χ4n) is 2.46. The lowest BCUT2D eigenvalue weighted by Gasteiger charge is -2.22. The molecule has 1 aliphatic rings. The Balaban J connectivity index is 1.82. The number of nitrogens with one attached hydrogen (secondary N) is 2. The zero-order valence-electron chi connectivity index (χ0n) is 11.3. The number of carbonyl (C=O) groups is 1. The zero-order valence-corrected chi connectivity index (χ0v) is 12.9. The van der Waals surface area contributed by atoms with Crippen molar-refractivity contribution in [1.29, 1.82) is 0 Å². The van der Waals surface area contributed by atoms with Gasteiger partial charge in [0.15, 0.2) is 0 Å². The molecular weight excluding hydrogens is 304 g/mol. The number of rotatable bonds is 4. The van der Waals surface area contributed by atoms with Gasteiger partial charge < -0.3 is 10.6 Å². The summed E-state index contributed by atoms with van der Waals surface area (Å²) in [5.41, 5.74) is 1.98. The lowest BCUT2D eigenvalue weighted by atomic mass is 9.94. The number of carbonyl (C=O) groups excluding carboxylic acids is 1. The van der Waals surface area contributed by atoms with E-state index in [1.165, 1.54) is 12.8 Å². The first-order valence-corrected chi connectivity index (χ1v) is 7.72. The van der Waals surface area contributed by atoms with Gasteiger partial charge in [-0.1, -0.05) is 22.0 Å². The highest BCUT2D eigenvalue weighted by Crippen LogP contribution is 2.24. The van der Waals surface area contributed by atoms with Gasteiger partial charge in [-0.3, -0.25) is 4.79 Å². The van der Waals surface area contributed by atoms with Crippen molar-refractivity contribution in [1.82, 2.24) is 5.32 Å². The van der Waals surface area contributed by atoms with Gasteiger partial charge in [0.1, 0.15) is 0 Å². The Hall–Kier alpha value is -0.870. The Labute approximate surface area is 123 Å². The molecule has 3 nitrogen and oxygen atoms in total. The largest absolute Gasteiger partial charge is 0.326 e. The van der Waals surface area contributed by atoms with Crippen LogP contribution in [-0.2, 0) is 4.79 Å². The van der Waals surface area contributed by atoms with E-state index in [0.717, 1.165) is 35.2 Å². The van der Waals surface area contributed by atoms with Crippen molar-refractivity contribution in [3.05, 3.63) is 28.2 Å². The second-order valence-corrected chi connectivity index (χ2v) is 6.07. The fraction of sp³-hybridized carbons (Fsp3) is 0.533. The van der Waals surface area contributed by atoms with E-state index in [9.17, 15) is 4.79 Å². The lowest BCUT2D eigenvalue weighted by molar-refractivity contribution is -0.116. The van der Waals surface area contributed by atoms with E-state index < -0.39 is 0 Å². The number of hydrogen-bond acceptors (Lipinski definition) is 2. The van der Waals surface area contributed by atoms with E-state index in [4.69, 9.17) is 0 Å². The van der Waals surface area contributed by atoms with Crippen LogP contribution in [-0.4, -0.2) is 19.0 Å². The molecule has 1 unspecified atom stereocenters. The maximum Gasteiger partial charge on any atom is 0.224 e. The lowest BCUT2D eigenvalue weighted by Crippen LogP contribution is -2.30. The second kappa shape index (κ2) is 7.06. The fourth-order valence-corrected chi connectivity index (χ4v) is 2.83. The Kier molecular flexibility index (Phi) is 5.40. The van der Waals surface area contributed by atoms with Crippen LogP contribution in [0.3, 0.4) is 0 Å². The van der Waals surface area contributed by atoms with Gasteiger partial charge in [-0.25, -0.2) is 0 Å². The Morgan fingerprint density at radius 2 is 2.37 bits per heavy atom. The molecule has 19 heavy (non-hydrogen) atoms. The molecule has 1 atom stereocenters. The molecule has 0 saturated carbocycles. The van der Waals surface area contributed by atoms with Crippen LogP contribution in [0.1, 0.15) is 31.2 Å². The summed E-state index contributed by atoms with van der Waals surface area (Å²) in [7, 11) is 0. The molecule has 1 amide bonds. The topological polar surface area (TPSA) is 41.1 Å². The molecule has 0 spiro atoms. The maximum absolute atomic E-state index is 12.0. The van der Waals surface area contributed by atoms with E-state index >= 15 is 0 Å². The van der Waals surface area contributed by atoms with E-state index in [1.807, 2.05) is 25.1 Å². The molecule has 1 aromatic rings. The average molecular weight is 325 g/mol. The minimum Gasteiger partial charge on any atom is -0.326 e. The molecule has 4 heteroatoms. The molecular formula is C15H21BrN2O. The van der Waals surface area contributed by atoms with E-state index in [-0.39, 0.29) is 5.91 Å². The van der Waals surface area contributed by atoms with E-state index in [1.54, 1.807) is 0 Å². The third kappa shape index (κ3) is 4.32. The van der Waals surface area contributed by atoms with Crippen molar-refractivity contribution in [2.24, 2.45) is 5.92 Å². The molecule has 1 heterocycles. The highest BCUT2D eigenvalue weighted by molar-refractivity contribution is 9.10. The molecule has 0 aromatic heterocycles. The van der Waals surface area contributed by atoms with E-state index in [2.05, 4.69) is 26.6 Å². The molecule has 1 aromatic carbocycles. The number of piperidine rings is 1. The van der Waals surface area contributed by atoms with Crippen LogP contribution in [0, 0.1) is 12.8 Å². The number of benzene rings is 1. The van der Waals surface area contributed by atoms with Crippen molar-refractivity contribution in [2.45, 2.75) is 32.6 Å². The number of anilines is 1. The molecule has 1 fully saturated rings. The normalized spacial score (nSPS) is 19.2. The SMILES string of the molecule is Cc1c(Br)cccc1NC(=O)CCC1CCCNC1. The smallest absolute Gasteiger partial charge is 0.224 e. The summed E-state index contributed by atoms with van der Waals surface area (Å²) in [6, 6.07) is 5.87. The predicted octanol–water partition coefficient (Wildman–Crippen LogP) is 3.48. The predicted molar refractivity (Wildman–Crippen MR) is 82.3 cm³/mol. The molecule has 104 valence electrons. The molecule has 0 aliphatic carbocycles. The van der Waals surface area contributed by atoms with Crippen molar-refractivity contribution < 1.29 is 4.79 Å². The van der Waals surface area contributed by atoms with Crippen molar-refractivity contribution >= 4 is 27.5 Å². The Morgan fingerprint density at radius 3 is 3.11 bits per heavy atom. The molecule has 2 N–H and O–H groups in total. The van der Waals surface area contributed by atoms with Crippen LogP contribution < -0.4 is 10.6 Å². The average Bonchev–Trinajstić information content (AvgIpc) is 2.43. The molecule has 2 rings (SSSR count). The molecule has 1 aliphatic heterocycles. The first-order chi connectivity index (χ1) is 9.16. The number of halogens is 1. The van der Waals surface area contributed by atoms with Crippen molar-refractivity contribution in [3.63, 3.8) is 0 Å². The van der Waals surface area contributed by atoms with Crippen LogP contribution in [0.4, 0.5) is 5.69 Å². The van der Waals surface area contributed by atoms with Gasteiger partial charge in [-0.05, 0) is 62.9 Å². The summed E-state index contributed by atoms with van der Waals surface area (Å²) in [5.74, 6) is 0.773. The Bertz CT molecular complexity index is 442. The monoisotopic (exact) mass is 324 g/mol. The highest BCUT2D eigenvalue weighted by Gasteiger charge is 2.14. The number of amides is 1. The summed E-state index contributed by atoms with van der Waals surface area (Å²) >= 11 is 3.48. The quantitative estimate of drug-likeness (QED) is 0.890. The summed E-state index contributed by atoms with van der Waals surface area (Å²) in [6.45, 7) is 4.19. The Morgan fingerprint density at radius 1 is 1.53 bits per heavy atom. The zero-order chi connectivity index (χ0) is 13.7. The minimum atomic E-state index is 0.117. The van der Waals surface area contributed by atoms with Crippen LogP contribution in [0.25, 0.3) is 0 Å². The molecule has 1 saturated heterocycles. The molecule has 0 bridgehead atoms. The van der Waals surface area contributed by atoms with Gasteiger partial charge >= 0.3 is 0 Å². The molecule has 0 radical (unpaired) electrons. The van der Waals surface area contributed by atoms with Gasteiger partial charge in [0.25, 0.3) is 0 Å². The first kappa shape index (κ1) is 14.5. The summed E-state index contributed by atoms with van der Waals surface area (Å²) < 4.78 is 1.03. The van der Waals surface area contributed by atoms with Crippen LogP contribution in [0.5, 0.6) is 0 Å². The van der Waals surface area contributed by atoms with Crippen LogP contribution >= 0.6 is 15.9 Å². The van der Waals surface area contributed by atoms with Gasteiger partial charge in [-0.2, -0.15) is 0 Å². The second-order valence-electron chi connectivity index (χ2n) is 5.21. The van der Waals surface area contributed by atoms with Crippen LogP contribution in [0.2, 0.25) is 0 Å². The summed E-state index contributed by atoms with van der Waals surface area (Å²) in [4.78, 5) is 12.0. The van der Waals surface area contributed by atoms with Gasteiger partial charge in [0, 0.05) is 16.6 Å². The number of hydrogen-bond donors (Lipinski definition) is 2. The van der Waals surface area contributed by atoms with Gasteiger partial charge in [0.2, 0.25) is 5.91 Å². The van der Waals surface area contributed by atoms with Crippen LogP contribution in [0.15, 0.2) is 22.7 Å². The van der Waals surface area contributed by atoms with Crippen molar-refractivity contribution in [3.8, 4) is 0 Å². The summed E-state index contributed by atoms with van der Waals surface area (Å²) in [5, 5.41) is 6.39. The van der Waals surface area contributed by atoms with E-state index in [0.29, 0.717) is 12.3 Å². The minimum absolute atomic E-state index is 0.117.